The zero-order valence-electron chi connectivity index (χ0n) is 23.3. The van der Waals surface area contributed by atoms with E-state index in [1.165, 1.54) is 0 Å². The van der Waals surface area contributed by atoms with E-state index in [2.05, 4.69) is 13.0 Å². The lowest BCUT2D eigenvalue weighted by atomic mass is 9.83. The molecule has 7 nitrogen and oxygen atoms in total. The molecule has 2 N–H and O–H groups in total. The summed E-state index contributed by atoms with van der Waals surface area (Å²) in [7, 11) is 0. The molecule has 0 spiro atoms. The van der Waals surface area contributed by atoms with Crippen molar-refractivity contribution in [2.24, 2.45) is 5.73 Å². The van der Waals surface area contributed by atoms with Crippen LogP contribution >= 0.6 is 23.2 Å². The van der Waals surface area contributed by atoms with Crippen LogP contribution in [0.4, 0.5) is 0 Å². The van der Waals surface area contributed by atoms with E-state index < -0.39 is 11.9 Å². The van der Waals surface area contributed by atoms with Gasteiger partial charge in [-0.2, -0.15) is 5.26 Å². The van der Waals surface area contributed by atoms with E-state index in [0.717, 1.165) is 24.0 Å². The molecule has 0 fully saturated rings. The fraction of sp³-hybridized carbons (Fsp3) is 0.176. The third-order valence-electron chi connectivity index (χ3n) is 6.86. The maximum absolute atomic E-state index is 12.9. The topological polar surface area (TPSA) is 104 Å². The Kier molecular flexibility index (Phi) is 9.41. The van der Waals surface area contributed by atoms with Gasteiger partial charge >= 0.3 is 5.97 Å². The van der Waals surface area contributed by atoms with Crippen molar-refractivity contribution in [3.05, 3.63) is 129 Å². The van der Waals surface area contributed by atoms with E-state index >= 15 is 0 Å². The standard InChI is InChI=1S/C34H28Cl2N2O5/c1-2-3-15-40-26-6-4-5-22(16-26)34(39)42-27-13-14-28-31(18-27)43-33(38)29(19-37)32(28)21-8-11-25(12-9-21)41-20-23-7-10-24(35)17-30(23)36/h4-14,16-18,32H,2-3,15,20,38H2,1H3. The fourth-order valence-electron chi connectivity index (χ4n) is 4.61. The molecule has 5 rings (SSSR count). The summed E-state index contributed by atoms with van der Waals surface area (Å²) in [6.45, 7) is 2.93. The molecule has 1 aliphatic heterocycles. The Labute approximate surface area is 260 Å². The summed E-state index contributed by atoms with van der Waals surface area (Å²) in [5.41, 5.74) is 9.13. The van der Waals surface area contributed by atoms with Gasteiger partial charge in [0.25, 0.3) is 0 Å². The molecule has 9 heteroatoms. The molecule has 1 atom stereocenters. The molecule has 1 unspecified atom stereocenters. The Morgan fingerprint density at radius 2 is 1.74 bits per heavy atom. The summed E-state index contributed by atoms with van der Waals surface area (Å²) < 4.78 is 23.1. The average molecular weight is 616 g/mol. The fourth-order valence-corrected chi connectivity index (χ4v) is 5.07. The van der Waals surface area contributed by atoms with Crippen LogP contribution in [-0.2, 0) is 6.61 Å². The van der Waals surface area contributed by atoms with Crippen molar-refractivity contribution in [1.82, 2.24) is 0 Å². The quantitative estimate of drug-likeness (QED) is 0.109. The third-order valence-corrected chi connectivity index (χ3v) is 7.45. The molecule has 1 heterocycles. The van der Waals surface area contributed by atoms with Crippen LogP contribution < -0.4 is 24.7 Å². The van der Waals surface area contributed by atoms with E-state index in [-0.39, 0.29) is 23.8 Å². The Hall–Kier alpha value is -4.64. The van der Waals surface area contributed by atoms with Gasteiger partial charge in [-0.3, -0.25) is 0 Å². The second-order valence-corrected chi connectivity index (χ2v) is 10.7. The second-order valence-electron chi connectivity index (χ2n) is 9.84. The van der Waals surface area contributed by atoms with Gasteiger partial charge in [-0.15, -0.1) is 0 Å². The Balaban J connectivity index is 1.33. The molecular formula is C34H28Cl2N2O5. The number of fused-ring (bicyclic) bond motifs is 1. The minimum atomic E-state index is -0.537. The highest BCUT2D eigenvalue weighted by atomic mass is 35.5. The summed E-state index contributed by atoms with van der Waals surface area (Å²) in [6.07, 6.45) is 1.94. The number of halogens is 2. The highest BCUT2D eigenvalue weighted by Crippen LogP contribution is 2.43. The lowest BCUT2D eigenvalue weighted by Gasteiger charge is -2.27. The molecule has 0 saturated carbocycles. The van der Waals surface area contributed by atoms with Crippen LogP contribution in [0, 0.1) is 11.3 Å². The van der Waals surface area contributed by atoms with Gasteiger partial charge in [-0.1, -0.05) is 66.9 Å². The van der Waals surface area contributed by atoms with E-state index in [0.29, 0.717) is 45.0 Å². The monoisotopic (exact) mass is 614 g/mol. The van der Waals surface area contributed by atoms with Crippen LogP contribution in [0.15, 0.2) is 96.4 Å². The number of nitrogens with two attached hydrogens (primary N) is 1. The van der Waals surface area contributed by atoms with E-state index in [1.54, 1.807) is 54.6 Å². The number of carbonyl (C=O) groups excluding carboxylic acids is 1. The molecule has 43 heavy (non-hydrogen) atoms. The Bertz CT molecular complexity index is 1710. The van der Waals surface area contributed by atoms with Crippen molar-refractivity contribution >= 4 is 29.2 Å². The van der Waals surface area contributed by atoms with Crippen LogP contribution in [-0.4, -0.2) is 12.6 Å². The van der Waals surface area contributed by atoms with E-state index in [1.807, 2.05) is 30.3 Å². The third kappa shape index (κ3) is 7.06. The molecule has 0 saturated heterocycles. The largest absolute Gasteiger partial charge is 0.494 e. The first kappa shape index (κ1) is 29.8. The number of hydrogen-bond donors (Lipinski definition) is 1. The summed E-state index contributed by atoms with van der Waals surface area (Å²) in [5, 5.41) is 11.0. The van der Waals surface area contributed by atoms with Gasteiger partial charge in [0.2, 0.25) is 5.88 Å². The van der Waals surface area contributed by atoms with Gasteiger partial charge in [0.15, 0.2) is 0 Å². The lowest BCUT2D eigenvalue weighted by molar-refractivity contribution is 0.0734. The van der Waals surface area contributed by atoms with Gasteiger partial charge in [0, 0.05) is 27.2 Å². The van der Waals surface area contributed by atoms with E-state index in [9.17, 15) is 10.1 Å². The number of hydrogen-bond acceptors (Lipinski definition) is 7. The van der Waals surface area contributed by atoms with Gasteiger partial charge in [-0.05, 0) is 60.5 Å². The van der Waals surface area contributed by atoms with Crippen molar-refractivity contribution in [2.45, 2.75) is 32.3 Å². The van der Waals surface area contributed by atoms with Crippen LogP contribution in [0.25, 0.3) is 0 Å². The van der Waals surface area contributed by atoms with Crippen LogP contribution in [0.2, 0.25) is 10.0 Å². The van der Waals surface area contributed by atoms with Crippen LogP contribution in [0.5, 0.6) is 23.0 Å². The van der Waals surface area contributed by atoms with Crippen molar-refractivity contribution < 1.29 is 23.7 Å². The van der Waals surface area contributed by atoms with Gasteiger partial charge in [0.1, 0.15) is 41.2 Å². The predicted molar refractivity (Wildman–Crippen MR) is 165 cm³/mol. The summed E-state index contributed by atoms with van der Waals surface area (Å²) in [5.74, 6) is 0.850. The lowest BCUT2D eigenvalue weighted by Crippen LogP contribution is -2.21. The highest BCUT2D eigenvalue weighted by molar-refractivity contribution is 6.35. The zero-order valence-corrected chi connectivity index (χ0v) is 24.8. The zero-order chi connectivity index (χ0) is 30.3. The number of esters is 1. The van der Waals surface area contributed by atoms with E-state index in [4.69, 9.17) is 47.9 Å². The molecule has 218 valence electrons. The summed E-state index contributed by atoms with van der Waals surface area (Å²) in [4.78, 5) is 12.9. The smallest absolute Gasteiger partial charge is 0.343 e. The number of nitriles is 1. The average Bonchev–Trinajstić information content (AvgIpc) is 3.00. The number of benzene rings is 4. The molecule has 4 aromatic carbocycles. The van der Waals surface area contributed by atoms with Crippen molar-refractivity contribution in [3.63, 3.8) is 0 Å². The van der Waals surface area contributed by atoms with Gasteiger partial charge in [0.05, 0.1) is 18.1 Å². The summed E-state index contributed by atoms with van der Waals surface area (Å²) in [6, 6.07) is 26.7. The number of allylic oxidation sites excluding steroid dienone is 1. The normalized spacial score (nSPS) is 13.9. The second kappa shape index (κ2) is 13.6. The number of unbranched alkanes of at least 4 members (excludes halogenated alkanes) is 1. The number of nitrogens with zero attached hydrogens (tertiary/aromatic N) is 1. The minimum Gasteiger partial charge on any atom is -0.494 e. The van der Waals surface area contributed by atoms with Crippen LogP contribution in [0.3, 0.4) is 0 Å². The molecule has 0 amide bonds. The molecule has 1 aliphatic rings. The van der Waals surface area contributed by atoms with Crippen molar-refractivity contribution in [1.29, 1.82) is 5.26 Å². The highest BCUT2D eigenvalue weighted by Gasteiger charge is 2.31. The summed E-state index contributed by atoms with van der Waals surface area (Å²) >= 11 is 12.2. The molecule has 0 aliphatic carbocycles. The molecule has 4 aromatic rings. The van der Waals surface area contributed by atoms with Crippen LogP contribution in [0.1, 0.15) is 52.7 Å². The first-order valence-electron chi connectivity index (χ1n) is 13.7. The maximum Gasteiger partial charge on any atom is 0.343 e. The Morgan fingerprint density at radius 3 is 2.49 bits per heavy atom. The van der Waals surface area contributed by atoms with Crippen molar-refractivity contribution in [3.8, 4) is 29.1 Å². The Morgan fingerprint density at radius 1 is 0.953 bits per heavy atom. The van der Waals surface area contributed by atoms with Gasteiger partial charge < -0.3 is 24.7 Å². The first-order chi connectivity index (χ1) is 20.9. The van der Waals surface area contributed by atoms with Crippen molar-refractivity contribution in [2.75, 3.05) is 6.61 Å². The molecule has 0 bridgehead atoms. The van der Waals surface area contributed by atoms with Gasteiger partial charge in [-0.25, -0.2) is 4.79 Å². The SMILES string of the molecule is CCCCOc1cccc(C(=O)Oc2ccc3c(c2)OC(N)=C(C#N)C3c2ccc(OCc3ccc(Cl)cc3Cl)cc2)c1. The number of ether oxygens (including phenoxy) is 4. The number of rotatable bonds is 10. The first-order valence-corrected chi connectivity index (χ1v) is 14.4. The molecule has 0 radical (unpaired) electrons. The predicted octanol–water partition coefficient (Wildman–Crippen LogP) is 8.19. The molecular weight excluding hydrogens is 587 g/mol. The number of carbonyl (C=O) groups is 1. The maximum atomic E-state index is 12.9. The minimum absolute atomic E-state index is 0.0156. The molecule has 0 aromatic heterocycles.